The zero-order valence-electron chi connectivity index (χ0n) is 13.0. The molecule has 0 bridgehead atoms. The topological polar surface area (TPSA) is 51.5 Å². The number of methoxy groups -OCH3 is 1. The van der Waals surface area contributed by atoms with Gasteiger partial charge in [0.1, 0.15) is 0 Å². The van der Waals surface area contributed by atoms with Crippen LogP contribution in [0.15, 0.2) is 4.79 Å². The van der Waals surface area contributed by atoms with Gasteiger partial charge < -0.3 is 9.94 Å². The molecule has 1 N–H and O–H groups in total. The summed E-state index contributed by atoms with van der Waals surface area (Å²) in [5.41, 5.74) is 1.24. The monoisotopic (exact) mass is 267 g/mol. The van der Waals surface area contributed by atoms with Crippen LogP contribution in [-0.2, 0) is 5.41 Å². The molecule has 0 fully saturated rings. The number of nitrogens with zero attached hydrogens (tertiary/aromatic N) is 1. The van der Waals surface area contributed by atoms with Gasteiger partial charge in [0.2, 0.25) is 5.43 Å². The van der Waals surface area contributed by atoms with E-state index in [0.29, 0.717) is 22.9 Å². The highest BCUT2D eigenvalue weighted by Gasteiger charge is 2.30. The average Bonchev–Trinajstić information content (AvgIpc) is 2.24. The number of rotatable bonds is 4. The molecule has 19 heavy (non-hydrogen) atoms. The third kappa shape index (κ3) is 2.77. The van der Waals surface area contributed by atoms with E-state index in [1.165, 1.54) is 7.11 Å². The van der Waals surface area contributed by atoms with Gasteiger partial charge in [-0.15, -0.1) is 0 Å². The van der Waals surface area contributed by atoms with Gasteiger partial charge in [-0.3, -0.25) is 4.79 Å². The first-order chi connectivity index (χ1) is 8.63. The molecule has 0 aliphatic heterocycles. The molecule has 1 rings (SSSR count). The van der Waals surface area contributed by atoms with Crippen LogP contribution < -0.4 is 10.2 Å². The molecular weight excluding hydrogens is 242 g/mol. The van der Waals surface area contributed by atoms with Crippen molar-refractivity contribution in [2.75, 3.05) is 7.11 Å². The molecule has 4 nitrogen and oxygen atoms in total. The van der Waals surface area contributed by atoms with E-state index in [1.807, 2.05) is 13.8 Å². The predicted octanol–water partition coefficient (Wildman–Crippen LogP) is 3.03. The molecule has 0 aliphatic carbocycles. The average molecular weight is 267 g/mol. The Kier molecular flexibility index (Phi) is 4.33. The maximum atomic E-state index is 12.6. The van der Waals surface area contributed by atoms with Gasteiger partial charge in [-0.05, 0) is 31.6 Å². The second kappa shape index (κ2) is 5.27. The molecule has 0 saturated heterocycles. The number of ether oxygens (including phenoxy) is 1. The van der Waals surface area contributed by atoms with Crippen LogP contribution in [0.5, 0.6) is 5.75 Å². The molecule has 0 atom stereocenters. The molecule has 0 aliphatic rings. The molecule has 108 valence electrons. The van der Waals surface area contributed by atoms with Crippen LogP contribution in [0.1, 0.15) is 51.1 Å². The Balaban J connectivity index is 3.61. The Hall–Kier alpha value is -1.45. The minimum Gasteiger partial charge on any atom is -0.491 e. The van der Waals surface area contributed by atoms with E-state index in [4.69, 9.17) is 4.74 Å². The highest BCUT2D eigenvalue weighted by Crippen LogP contribution is 2.32. The highest BCUT2D eigenvalue weighted by molar-refractivity contribution is 5.39. The summed E-state index contributed by atoms with van der Waals surface area (Å²) in [6.07, 6.45) is 0.870. The van der Waals surface area contributed by atoms with Crippen molar-refractivity contribution >= 4 is 0 Å². The van der Waals surface area contributed by atoms with Crippen molar-refractivity contribution in [1.29, 1.82) is 0 Å². The lowest BCUT2D eigenvalue weighted by Gasteiger charge is -2.29. The molecular formula is C15H25NO3. The smallest absolute Gasteiger partial charge is 0.227 e. The Morgan fingerprint density at radius 3 is 2.21 bits per heavy atom. The van der Waals surface area contributed by atoms with E-state index >= 15 is 0 Å². The first-order valence-corrected chi connectivity index (χ1v) is 6.63. The summed E-state index contributed by atoms with van der Waals surface area (Å²) in [5, 5.41) is 10.1. The summed E-state index contributed by atoms with van der Waals surface area (Å²) < 4.78 is 6.21. The second-order valence-corrected chi connectivity index (χ2v) is 6.20. The van der Waals surface area contributed by atoms with E-state index in [9.17, 15) is 10.0 Å². The van der Waals surface area contributed by atoms with Crippen LogP contribution in [0.2, 0.25) is 0 Å². The summed E-state index contributed by atoms with van der Waals surface area (Å²) in [7, 11) is 1.46. The summed E-state index contributed by atoms with van der Waals surface area (Å²) in [4.78, 5) is 12.6. The van der Waals surface area contributed by atoms with Gasteiger partial charge in [0.25, 0.3) is 0 Å². The van der Waals surface area contributed by atoms with Crippen molar-refractivity contribution in [2.45, 2.75) is 53.4 Å². The zero-order valence-corrected chi connectivity index (χ0v) is 13.0. The fraction of sp³-hybridized carbons (Fsp3) is 0.667. The van der Waals surface area contributed by atoms with Gasteiger partial charge in [-0.2, -0.15) is 4.73 Å². The maximum absolute atomic E-state index is 12.6. The molecule has 1 heterocycles. The molecule has 0 radical (unpaired) electrons. The molecule has 0 aromatic carbocycles. The van der Waals surface area contributed by atoms with Crippen LogP contribution in [0.4, 0.5) is 0 Å². The fourth-order valence-corrected chi connectivity index (χ4v) is 3.06. The highest BCUT2D eigenvalue weighted by atomic mass is 16.5. The van der Waals surface area contributed by atoms with Crippen molar-refractivity contribution < 1.29 is 9.94 Å². The van der Waals surface area contributed by atoms with Crippen molar-refractivity contribution in [2.24, 2.45) is 5.92 Å². The third-order valence-corrected chi connectivity index (χ3v) is 3.56. The van der Waals surface area contributed by atoms with Crippen LogP contribution in [0, 0.1) is 19.8 Å². The zero-order chi connectivity index (χ0) is 15.0. The summed E-state index contributed by atoms with van der Waals surface area (Å²) >= 11 is 0. The number of hydrogen-bond donors (Lipinski definition) is 1. The lowest BCUT2D eigenvalue weighted by atomic mass is 9.77. The quantitative estimate of drug-likeness (QED) is 0.853. The Labute approximate surface area is 115 Å². The Morgan fingerprint density at radius 1 is 1.26 bits per heavy atom. The van der Waals surface area contributed by atoms with Gasteiger partial charge in [0.05, 0.1) is 18.5 Å². The minimum atomic E-state index is -0.305. The van der Waals surface area contributed by atoms with Gasteiger partial charge in [0, 0.05) is 5.56 Å². The van der Waals surface area contributed by atoms with E-state index in [2.05, 4.69) is 13.8 Å². The third-order valence-electron chi connectivity index (χ3n) is 3.56. The van der Waals surface area contributed by atoms with Gasteiger partial charge in [-0.1, -0.05) is 27.7 Å². The minimum absolute atomic E-state index is 0.117. The Bertz CT molecular complexity index is 527. The van der Waals surface area contributed by atoms with Crippen molar-refractivity contribution in [3.63, 3.8) is 0 Å². The molecule has 0 amide bonds. The van der Waals surface area contributed by atoms with Crippen molar-refractivity contribution in [3.05, 3.63) is 27.2 Å². The summed E-state index contributed by atoms with van der Waals surface area (Å²) in [6.45, 7) is 11.8. The predicted molar refractivity (Wildman–Crippen MR) is 76.4 cm³/mol. The van der Waals surface area contributed by atoms with Gasteiger partial charge in [-0.25, -0.2) is 0 Å². The SMILES string of the molecule is COc1c(C)n(O)c(C)c(C(C)(C)CC(C)C)c1=O. The number of aromatic nitrogens is 1. The summed E-state index contributed by atoms with van der Waals surface area (Å²) in [6, 6.07) is 0. The number of pyridine rings is 1. The molecule has 0 saturated carbocycles. The number of hydrogen-bond acceptors (Lipinski definition) is 3. The van der Waals surface area contributed by atoms with Crippen LogP contribution in [0.3, 0.4) is 0 Å². The lowest BCUT2D eigenvalue weighted by Crippen LogP contribution is -2.32. The van der Waals surface area contributed by atoms with E-state index in [-0.39, 0.29) is 16.6 Å². The molecule has 1 aromatic heterocycles. The van der Waals surface area contributed by atoms with Gasteiger partial charge >= 0.3 is 0 Å². The largest absolute Gasteiger partial charge is 0.491 e. The first kappa shape index (κ1) is 15.6. The molecule has 1 aromatic rings. The van der Waals surface area contributed by atoms with E-state index in [0.717, 1.165) is 11.2 Å². The summed E-state index contributed by atoms with van der Waals surface area (Å²) in [5.74, 6) is 0.688. The Morgan fingerprint density at radius 2 is 1.79 bits per heavy atom. The van der Waals surface area contributed by atoms with Crippen LogP contribution in [0.25, 0.3) is 0 Å². The maximum Gasteiger partial charge on any atom is 0.227 e. The standard InChI is InChI=1S/C15H25NO3/c1-9(2)8-15(5,6)12-10(3)16(18)11(4)14(19-7)13(12)17/h9,18H,8H2,1-7H3. The van der Waals surface area contributed by atoms with Crippen LogP contribution in [-0.4, -0.2) is 17.0 Å². The normalized spacial score (nSPS) is 12.0. The molecule has 4 heteroatoms. The van der Waals surface area contributed by atoms with Crippen molar-refractivity contribution in [1.82, 2.24) is 4.73 Å². The lowest BCUT2D eigenvalue weighted by molar-refractivity contribution is 0.163. The van der Waals surface area contributed by atoms with Gasteiger partial charge in [0.15, 0.2) is 5.75 Å². The first-order valence-electron chi connectivity index (χ1n) is 6.63. The van der Waals surface area contributed by atoms with Crippen LogP contribution >= 0.6 is 0 Å². The molecule has 0 spiro atoms. The van der Waals surface area contributed by atoms with E-state index < -0.39 is 0 Å². The second-order valence-electron chi connectivity index (χ2n) is 6.20. The fourth-order valence-electron chi connectivity index (χ4n) is 3.06. The van der Waals surface area contributed by atoms with E-state index in [1.54, 1.807) is 13.8 Å². The molecule has 0 unspecified atom stereocenters. The van der Waals surface area contributed by atoms with Crippen molar-refractivity contribution in [3.8, 4) is 5.75 Å².